The fraction of sp³-hybridized carbons (Fsp3) is 0.647. The molecule has 2 saturated heterocycles. The van der Waals surface area contributed by atoms with Crippen molar-refractivity contribution in [2.24, 2.45) is 0 Å². The Labute approximate surface area is 127 Å². The van der Waals surface area contributed by atoms with E-state index in [1.165, 1.54) is 12.8 Å². The van der Waals surface area contributed by atoms with E-state index >= 15 is 0 Å². The summed E-state index contributed by atoms with van der Waals surface area (Å²) < 4.78 is 5.87. The third-order valence-corrected chi connectivity index (χ3v) is 4.59. The molecule has 2 aliphatic rings. The first-order valence-electron chi connectivity index (χ1n) is 8.14. The molecule has 0 aliphatic carbocycles. The first-order chi connectivity index (χ1) is 10.2. The largest absolute Gasteiger partial charge is 0.508 e. The summed E-state index contributed by atoms with van der Waals surface area (Å²) in [7, 11) is 0. The lowest BCUT2D eigenvalue weighted by molar-refractivity contribution is 0.0305. The molecule has 1 aromatic carbocycles. The van der Waals surface area contributed by atoms with Crippen molar-refractivity contribution in [2.75, 3.05) is 24.5 Å². The minimum absolute atomic E-state index is 0.180. The van der Waals surface area contributed by atoms with Crippen molar-refractivity contribution in [3.05, 3.63) is 23.8 Å². The topological polar surface area (TPSA) is 44.7 Å². The van der Waals surface area contributed by atoms with E-state index in [1.54, 1.807) is 0 Å². The Kier molecular flexibility index (Phi) is 4.36. The van der Waals surface area contributed by atoms with E-state index in [-0.39, 0.29) is 6.04 Å². The predicted octanol–water partition coefficient (Wildman–Crippen LogP) is 2.82. The summed E-state index contributed by atoms with van der Waals surface area (Å²) in [5.41, 5.74) is 2.09. The monoisotopic (exact) mass is 290 g/mol. The highest BCUT2D eigenvalue weighted by Crippen LogP contribution is 2.33. The molecule has 0 amide bonds. The van der Waals surface area contributed by atoms with E-state index in [0.717, 1.165) is 37.3 Å². The van der Waals surface area contributed by atoms with E-state index in [0.29, 0.717) is 18.0 Å². The number of ether oxygens (including phenoxy) is 1. The Morgan fingerprint density at radius 3 is 2.67 bits per heavy atom. The average Bonchev–Trinajstić information content (AvgIpc) is 2.83. The number of phenols is 1. The number of nitrogens with zero attached hydrogens (tertiary/aromatic N) is 1. The van der Waals surface area contributed by atoms with Crippen LogP contribution < -0.4 is 10.2 Å². The van der Waals surface area contributed by atoms with Crippen LogP contribution in [0, 0.1) is 0 Å². The molecule has 3 unspecified atom stereocenters. The van der Waals surface area contributed by atoms with Crippen LogP contribution in [0.3, 0.4) is 0 Å². The maximum atomic E-state index is 10.3. The summed E-state index contributed by atoms with van der Waals surface area (Å²) in [5, 5.41) is 13.8. The maximum Gasteiger partial charge on any atom is 0.122 e. The van der Waals surface area contributed by atoms with E-state index in [1.807, 2.05) is 6.07 Å². The second-order valence-electron chi connectivity index (χ2n) is 6.28. The van der Waals surface area contributed by atoms with Gasteiger partial charge < -0.3 is 20.1 Å². The quantitative estimate of drug-likeness (QED) is 0.875. The van der Waals surface area contributed by atoms with Crippen LogP contribution in [0.2, 0.25) is 0 Å². The molecule has 2 fully saturated rings. The smallest absolute Gasteiger partial charge is 0.122 e. The SMILES string of the molecule is CCCNC(C)c1ccc(N2CC3CCC(C2)O3)cc1O. The van der Waals surface area contributed by atoms with Gasteiger partial charge in [-0.05, 0) is 38.8 Å². The molecular weight excluding hydrogens is 264 g/mol. The molecule has 2 heterocycles. The molecule has 116 valence electrons. The molecule has 2 bridgehead atoms. The summed E-state index contributed by atoms with van der Waals surface area (Å²) in [5.74, 6) is 0.391. The van der Waals surface area contributed by atoms with Gasteiger partial charge in [0.1, 0.15) is 5.75 Å². The Hall–Kier alpha value is -1.26. The van der Waals surface area contributed by atoms with E-state index < -0.39 is 0 Å². The highest BCUT2D eigenvalue weighted by molar-refractivity contribution is 5.54. The van der Waals surface area contributed by atoms with Crippen LogP contribution in [0.15, 0.2) is 18.2 Å². The summed E-state index contributed by atoms with van der Waals surface area (Å²) >= 11 is 0. The van der Waals surface area contributed by atoms with E-state index in [2.05, 4.69) is 36.2 Å². The molecule has 0 saturated carbocycles. The molecule has 0 aromatic heterocycles. The molecule has 4 nitrogen and oxygen atoms in total. The predicted molar refractivity (Wildman–Crippen MR) is 84.9 cm³/mol. The van der Waals surface area contributed by atoms with Crippen molar-refractivity contribution >= 4 is 5.69 Å². The van der Waals surface area contributed by atoms with E-state index in [9.17, 15) is 5.11 Å². The number of rotatable bonds is 5. The summed E-state index contributed by atoms with van der Waals surface area (Å²) in [6.07, 6.45) is 4.18. The highest BCUT2D eigenvalue weighted by Gasteiger charge is 2.33. The zero-order chi connectivity index (χ0) is 14.8. The molecule has 21 heavy (non-hydrogen) atoms. The second-order valence-corrected chi connectivity index (χ2v) is 6.28. The second kappa shape index (κ2) is 6.24. The van der Waals surface area contributed by atoms with Gasteiger partial charge in [0.2, 0.25) is 0 Å². The molecule has 3 atom stereocenters. The van der Waals surface area contributed by atoms with Crippen molar-refractivity contribution in [1.82, 2.24) is 5.32 Å². The van der Waals surface area contributed by atoms with Gasteiger partial charge in [-0.3, -0.25) is 0 Å². The molecule has 3 rings (SSSR count). The number of nitrogens with one attached hydrogen (secondary N) is 1. The average molecular weight is 290 g/mol. The van der Waals surface area contributed by atoms with Crippen LogP contribution in [0.4, 0.5) is 5.69 Å². The van der Waals surface area contributed by atoms with Gasteiger partial charge in [-0.25, -0.2) is 0 Å². The molecule has 1 aromatic rings. The van der Waals surface area contributed by atoms with Gasteiger partial charge in [-0.15, -0.1) is 0 Å². The third-order valence-electron chi connectivity index (χ3n) is 4.59. The summed E-state index contributed by atoms with van der Waals surface area (Å²) in [4.78, 5) is 2.35. The number of hydrogen-bond acceptors (Lipinski definition) is 4. The Balaban J connectivity index is 1.72. The van der Waals surface area contributed by atoms with Gasteiger partial charge >= 0.3 is 0 Å². The van der Waals surface area contributed by atoms with Crippen LogP contribution in [0.25, 0.3) is 0 Å². The summed E-state index contributed by atoms with van der Waals surface area (Å²) in [6.45, 7) is 7.10. The lowest BCUT2D eigenvalue weighted by Crippen LogP contribution is -2.42. The lowest BCUT2D eigenvalue weighted by Gasteiger charge is -2.34. The van der Waals surface area contributed by atoms with Crippen LogP contribution in [0.5, 0.6) is 5.75 Å². The first-order valence-corrected chi connectivity index (χ1v) is 8.14. The molecule has 2 aliphatic heterocycles. The van der Waals surface area contributed by atoms with Gasteiger partial charge in [-0.1, -0.05) is 13.0 Å². The van der Waals surface area contributed by atoms with Crippen molar-refractivity contribution in [2.45, 2.75) is 51.4 Å². The molecule has 2 N–H and O–H groups in total. The molecular formula is C17H26N2O2. The minimum Gasteiger partial charge on any atom is -0.508 e. The van der Waals surface area contributed by atoms with Crippen LogP contribution in [-0.4, -0.2) is 36.9 Å². The van der Waals surface area contributed by atoms with Crippen LogP contribution in [0.1, 0.15) is 44.7 Å². The Morgan fingerprint density at radius 1 is 1.33 bits per heavy atom. The van der Waals surface area contributed by atoms with Gasteiger partial charge in [0.15, 0.2) is 0 Å². The number of morpholine rings is 1. The fourth-order valence-corrected chi connectivity index (χ4v) is 3.39. The number of aromatic hydroxyl groups is 1. The maximum absolute atomic E-state index is 10.3. The first kappa shape index (κ1) is 14.7. The third kappa shape index (κ3) is 3.16. The molecule has 0 spiro atoms. The van der Waals surface area contributed by atoms with Gasteiger partial charge in [0.05, 0.1) is 12.2 Å². The normalized spacial score (nSPS) is 26.1. The van der Waals surface area contributed by atoms with E-state index in [4.69, 9.17) is 4.74 Å². The number of hydrogen-bond donors (Lipinski definition) is 2. The number of phenolic OH excluding ortho intramolecular Hbond substituents is 1. The standard InChI is InChI=1S/C17H26N2O2/c1-3-8-18-12(2)16-7-4-13(9-17(16)20)19-10-14-5-6-15(11-19)21-14/h4,7,9,12,14-15,18,20H,3,5-6,8,10-11H2,1-2H3. The lowest BCUT2D eigenvalue weighted by atomic mass is 10.1. The van der Waals surface area contributed by atoms with Crippen LogP contribution >= 0.6 is 0 Å². The number of anilines is 1. The zero-order valence-corrected chi connectivity index (χ0v) is 13.0. The Morgan fingerprint density at radius 2 is 2.05 bits per heavy atom. The fourth-order valence-electron chi connectivity index (χ4n) is 3.39. The Bertz CT molecular complexity index is 480. The summed E-state index contributed by atoms with van der Waals surface area (Å²) in [6, 6.07) is 6.27. The minimum atomic E-state index is 0.180. The van der Waals surface area contributed by atoms with Gasteiger partial charge in [-0.2, -0.15) is 0 Å². The van der Waals surface area contributed by atoms with Crippen LogP contribution in [-0.2, 0) is 4.74 Å². The highest BCUT2D eigenvalue weighted by atomic mass is 16.5. The van der Waals surface area contributed by atoms with Crippen molar-refractivity contribution in [1.29, 1.82) is 0 Å². The van der Waals surface area contributed by atoms with Crippen molar-refractivity contribution < 1.29 is 9.84 Å². The van der Waals surface area contributed by atoms with Gasteiger partial charge in [0.25, 0.3) is 0 Å². The van der Waals surface area contributed by atoms with Crippen molar-refractivity contribution in [3.63, 3.8) is 0 Å². The van der Waals surface area contributed by atoms with Crippen molar-refractivity contribution in [3.8, 4) is 5.75 Å². The van der Waals surface area contributed by atoms with Gasteiger partial charge in [0, 0.05) is 36.4 Å². The number of fused-ring (bicyclic) bond motifs is 2. The number of benzene rings is 1. The zero-order valence-electron chi connectivity index (χ0n) is 13.0. The molecule has 0 radical (unpaired) electrons. The molecule has 4 heteroatoms.